The second-order valence-corrected chi connectivity index (χ2v) is 3.73. The minimum atomic E-state index is 0.272. The number of benzene rings is 1. The molecule has 0 aliphatic carbocycles. The lowest BCUT2D eigenvalue weighted by Crippen LogP contribution is -2.05. The van der Waals surface area contributed by atoms with E-state index >= 15 is 0 Å². The van der Waals surface area contributed by atoms with Gasteiger partial charge < -0.3 is 10.4 Å². The zero-order valence-corrected chi connectivity index (χ0v) is 9.44. The molecule has 4 heteroatoms. The van der Waals surface area contributed by atoms with Crippen LogP contribution in [0.5, 0.6) is 5.75 Å². The van der Waals surface area contributed by atoms with Gasteiger partial charge in [0.25, 0.3) is 0 Å². The van der Waals surface area contributed by atoms with Crippen LogP contribution in [0.15, 0.2) is 30.3 Å². The maximum absolute atomic E-state index is 9.43. The maximum Gasteiger partial charge on any atom is 0.116 e. The van der Waals surface area contributed by atoms with E-state index in [1.807, 2.05) is 37.0 Å². The number of aryl methyl sites for hydroxylation is 1. The van der Waals surface area contributed by atoms with Crippen LogP contribution in [0.25, 0.3) is 11.3 Å². The van der Waals surface area contributed by atoms with Crippen LogP contribution < -0.4 is 5.32 Å². The lowest BCUT2D eigenvalue weighted by Gasteiger charge is -2.01. The standard InChI is InChI=1S/C12H15N3O/c1-13-8-10-7-12(15(2)14-10)9-4-3-5-11(16)6-9/h3-7,13,16H,8H2,1-2H3. The average molecular weight is 217 g/mol. The van der Waals surface area contributed by atoms with Gasteiger partial charge in [0, 0.05) is 19.2 Å². The van der Waals surface area contributed by atoms with Crippen molar-refractivity contribution in [3.05, 3.63) is 36.0 Å². The van der Waals surface area contributed by atoms with Crippen LogP contribution in [0.1, 0.15) is 5.69 Å². The molecule has 2 N–H and O–H groups in total. The van der Waals surface area contributed by atoms with Gasteiger partial charge in [-0.1, -0.05) is 12.1 Å². The van der Waals surface area contributed by atoms with Crippen LogP contribution >= 0.6 is 0 Å². The third-order valence-corrected chi connectivity index (χ3v) is 2.43. The van der Waals surface area contributed by atoms with Crippen molar-refractivity contribution in [2.24, 2.45) is 7.05 Å². The van der Waals surface area contributed by atoms with E-state index in [4.69, 9.17) is 0 Å². The molecule has 0 unspecified atom stereocenters. The lowest BCUT2D eigenvalue weighted by atomic mass is 10.1. The third-order valence-electron chi connectivity index (χ3n) is 2.43. The van der Waals surface area contributed by atoms with E-state index in [1.165, 1.54) is 0 Å². The van der Waals surface area contributed by atoms with E-state index in [-0.39, 0.29) is 5.75 Å². The Morgan fingerprint density at radius 1 is 1.38 bits per heavy atom. The second kappa shape index (κ2) is 4.37. The summed E-state index contributed by atoms with van der Waals surface area (Å²) in [5, 5.41) is 16.9. The van der Waals surface area contributed by atoms with Gasteiger partial charge in [0.15, 0.2) is 0 Å². The summed E-state index contributed by atoms with van der Waals surface area (Å²) in [4.78, 5) is 0. The molecule has 0 bridgehead atoms. The highest BCUT2D eigenvalue weighted by Gasteiger charge is 2.07. The number of phenolic OH excluding ortho intramolecular Hbond substituents is 1. The van der Waals surface area contributed by atoms with Gasteiger partial charge in [-0.2, -0.15) is 5.10 Å². The Kier molecular flexibility index (Phi) is 2.92. The zero-order chi connectivity index (χ0) is 11.5. The quantitative estimate of drug-likeness (QED) is 0.819. The van der Waals surface area contributed by atoms with E-state index in [2.05, 4.69) is 10.4 Å². The van der Waals surface area contributed by atoms with E-state index in [0.29, 0.717) is 0 Å². The fourth-order valence-electron chi connectivity index (χ4n) is 1.73. The Morgan fingerprint density at radius 2 is 2.19 bits per heavy atom. The number of hydrogen-bond acceptors (Lipinski definition) is 3. The Balaban J connectivity index is 2.40. The van der Waals surface area contributed by atoms with Crippen molar-refractivity contribution in [2.75, 3.05) is 7.05 Å². The molecule has 0 spiro atoms. The molecule has 1 heterocycles. The van der Waals surface area contributed by atoms with Gasteiger partial charge in [0.05, 0.1) is 11.4 Å². The number of hydrogen-bond donors (Lipinski definition) is 2. The Labute approximate surface area is 94.5 Å². The average Bonchev–Trinajstić information content (AvgIpc) is 2.60. The molecule has 0 aliphatic rings. The molecule has 2 rings (SSSR count). The van der Waals surface area contributed by atoms with E-state index in [1.54, 1.807) is 12.1 Å². The topological polar surface area (TPSA) is 50.1 Å². The first-order valence-electron chi connectivity index (χ1n) is 5.17. The molecule has 0 aliphatic heterocycles. The van der Waals surface area contributed by atoms with Crippen LogP contribution in [0.4, 0.5) is 0 Å². The molecule has 2 aromatic rings. The molecule has 0 amide bonds. The number of nitrogens with one attached hydrogen (secondary N) is 1. The van der Waals surface area contributed by atoms with E-state index < -0.39 is 0 Å². The van der Waals surface area contributed by atoms with Crippen molar-refractivity contribution in [1.29, 1.82) is 0 Å². The molecule has 16 heavy (non-hydrogen) atoms. The predicted molar refractivity (Wildman–Crippen MR) is 63.1 cm³/mol. The van der Waals surface area contributed by atoms with Gasteiger partial charge in [-0.3, -0.25) is 4.68 Å². The fraction of sp³-hybridized carbons (Fsp3) is 0.250. The molecule has 84 valence electrons. The highest BCUT2D eigenvalue weighted by Crippen LogP contribution is 2.23. The largest absolute Gasteiger partial charge is 0.508 e. The number of aromatic hydroxyl groups is 1. The third kappa shape index (κ3) is 2.06. The first kappa shape index (κ1) is 10.7. The zero-order valence-electron chi connectivity index (χ0n) is 9.44. The lowest BCUT2D eigenvalue weighted by molar-refractivity contribution is 0.475. The maximum atomic E-state index is 9.43. The molecule has 4 nitrogen and oxygen atoms in total. The van der Waals surface area contributed by atoms with Crippen molar-refractivity contribution in [3.63, 3.8) is 0 Å². The SMILES string of the molecule is CNCc1cc(-c2cccc(O)c2)n(C)n1. The van der Waals surface area contributed by atoms with Crippen LogP contribution in [-0.2, 0) is 13.6 Å². The molecule has 0 fully saturated rings. The summed E-state index contributed by atoms with van der Waals surface area (Å²) in [6.07, 6.45) is 0. The molecule has 1 aromatic heterocycles. The first-order chi connectivity index (χ1) is 7.70. The van der Waals surface area contributed by atoms with E-state index in [0.717, 1.165) is 23.5 Å². The van der Waals surface area contributed by atoms with Gasteiger partial charge in [-0.15, -0.1) is 0 Å². The molecular formula is C12H15N3O. The van der Waals surface area contributed by atoms with Crippen LogP contribution in [0.3, 0.4) is 0 Å². The molecule has 1 aromatic carbocycles. The van der Waals surface area contributed by atoms with E-state index in [9.17, 15) is 5.11 Å². The second-order valence-electron chi connectivity index (χ2n) is 3.73. The smallest absolute Gasteiger partial charge is 0.116 e. The Bertz CT molecular complexity index is 491. The Morgan fingerprint density at radius 3 is 2.88 bits per heavy atom. The normalized spacial score (nSPS) is 10.6. The van der Waals surface area contributed by atoms with Crippen molar-refractivity contribution >= 4 is 0 Å². The molecule has 0 radical (unpaired) electrons. The number of aromatic nitrogens is 2. The van der Waals surface area contributed by atoms with Gasteiger partial charge >= 0.3 is 0 Å². The van der Waals surface area contributed by atoms with Crippen LogP contribution in [-0.4, -0.2) is 21.9 Å². The number of rotatable bonds is 3. The number of phenols is 1. The molecular weight excluding hydrogens is 202 g/mol. The minimum Gasteiger partial charge on any atom is -0.508 e. The van der Waals surface area contributed by atoms with Crippen molar-refractivity contribution in [3.8, 4) is 17.0 Å². The van der Waals surface area contributed by atoms with Gasteiger partial charge in [0.2, 0.25) is 0 Å². The number of nitrogens with zero attached hydrogens (tertiary/aromatic N) is 2. The van der Waals surface area contributed by atoms with Crippen molar-refractivity contribution < 1.29 is 5.11 Å². The van der Waals surface area contributed by atoms with Crippen LogP contribution in [0.2, 0.25) is 0 Å². The molecule has 0 saturated heterocycles. The summed E-state index contributed by atoms with van der Waals surface area (Å²) < 4.78 is 1.82. The fourth-order valence-corrected chi connectivity index (χ4v) is 1.73. The highest BCUT2D eigenvalue weighted by molar-refractivity contribution is 5.61. The minimum absolute atomic E-state index is 0.272. The molecule has 0 atom stereocenters. The monoisotopic (exact) mass is 217 g/mol. The predicted octanol–water partition coefficient (Wildman–Crippen LogP) is 1.51. The van der Waals surface area contributed by atoms with Crippen molar-refractivity contribution in [2.45, 2.75) is 6.54 Å². The highest BCUT2D eigenvalue weighted by atomic mass is 16.3. The Hall–Kier alpha value is -1.81. The summed E-state index contributed by atoms with van der Waals surface area (Å²) in [6.45, 7) is 0.743. The summed E-state index contributed by atoms with van der Waals surface area (Å²) in [6, 6.07) is 9.20. The van der Waals surface area contributed by atoms with Gasteiger partial charge in [-0.05, 0) is 25.2 Å². The van der Waals surface area contributed by atoms with Crippen LogP contribution in [0, 0.1) is 0 Å². The summed E-state index contributed by atoms with van der Waals surface area (Å²) in [5.74, 6) is 0.272. The first-order valence-corrected chi connectivity index (χ1v) is 5.17. The van der Waals surface area contributed by atoms with Gasteiger partial charge in [0.1, 0.15) is 5.75 Å². The molecule has 0 saturated carbocycles. The van der Waals surface area contributed by atoms with Gasteiger partial charge in [-0.25, -0.2) is 0 Å². The van der Waals surface area contributed by atoms with Crippen molar-refractivity contribution in [1.82, 2.24) is 15.1 Å². The summed E-state index contributed by atoms with van der Waals surface area (Å²) >= 11 is 0. The summed E-state index contributed by atoms with van der Waals surface area (Å²) in [5.41, 5.74) is 2.96. The summed E-state index contributed by atoms with van der Waals surface area (Å²) in [7, 11) is 3.79.